The number of hydrogen-bond acceptors (Lipinski definition) is 1. The van der Waals surface area contributed by atoms with Crippen molar-refractivity contribution in [3.63, 3.8) is 0 Å². The maximum absolute atomic E-state index is 5.68. The predicted molar refractivity (Wildman–Crippen MR) is 49.1 cm³/mol. The first kappa shape index (κ1) is 10.2. The van der Waals surface area contributed by atoms with Gasteiger partial charge < -0.3 is 4.43 Å². The van der Waals surface area contributed by atoms with E-state index in [1.54, 1.807) is 0 Å². The first-order valence-electron chi connectivity index (χ1n) is 4.32. The van der Waals surface area contributed by atoms with Crippen molar-refractivity contribution in [2.45, 2.75) is 52.2 Å². The smallest absolute Gasteiger partial charge is 0.164 e. The Bertz CT molecular complexity index is 65.7. The van der Waals surface area contributed by atoms with E-state index >= 15 is 0 Å². The molecule has 0 aromatic rings. The van der Waals surface area contributed by atoms with E-state index in [2.05, 4.69) is 27.7 Å². The lowest BCUT2D eigenvalue weighted by molar-refractivity contribution is 0.224. The Morgan fingerprint density at radius 1 is 1.20 bits per heavy atom. The SMILES string of the molecule is CCC(C)O[SiH2]C(C)CC. The van der Waals surface area contributed by atoms with Crippen LogP contribution in [-0.2, 0) is 4.43 Å². The Morgan fingerprint density at radius 3 is 2.20 bits per heavy atom. The zero-order valence-electron chi connectivity index (χ0n) is 7.68. The molecule has 0 spiro atoms. The summed E-state index contributed by atoms with van der Waals surface area (Å²) in [6, 6.07) is 0. The minimum atomic E-state index is -0.223. The van der Waals surface area contributed by atoms with Gasteiger partial charge in [-0.1, -0.05) is 27.2 Å². The van der Waals surface area contributed by atoms with Crippen molar-refractivity contribution in [1.82, 2.24) is 0 Å². The van der Waals surface area contributed by atoms with Gasteiger partial charge in [0, 0.05) is 6.10 Å². The molecule has 62 valence electrons. The molecule has 0 aromatic heterocycles. The molecule has 0 saturated heterocycles. The molecule has 2 atom stereocenters. The summed E-state index contributed by atoms with van der Waals surface area (Å²) in [5.74, 6) is 0. The van der Waals surface area contributed by atoms with Crippen molar-refractivity contribution in [3.05, 3.63) is 0 Å². The molecule has 2 heteroatoms. The molecule has 0 aromatic carbocycles. The third-order valence-electron chi connectivity index (χ3n) is 1.94. The molecule has 0 saturated carbocycles. The van der Waals surface area contributed by atoms with E-state index in [0.29, 0.717) is 6.10 Å². The molecule has 0 bridgehead atoms. The van der Waals surface area contributed by atoms with Crippen molar-refractivity contribution in [2.24, 2.45) is 0 Å². The van der Waals surface area contributed by atoms with Crippen LogP contribution < -0.4 is 0 Å². The van der Waals surface area contributed by atoms with Gasteiger partial charge in [-0.25, -0.2) is 0 Å². The van der Waals surface area contributed by atoms with E-state index in [0.717, 1.165) is 12.0 Å². The number of hydrogen-bond donors (Lipinski definition) is 0. The summed E-state index contributed by atoms with van der Waals surface area (Å²) in [4.78, 5) is 0. The summed E-state index contributed by atoms with van der Waals surface area (Å²) >= 11 is 0. The van der Waals surface area contributed by atoms with E-state index in [9.17, 15) is 0 Å². The van der Waals surface area contributed by atoms with Gasteiger partial charge in [-0.3, -0.25) is 0 Å². The highest BCUT2D eigenvalue weighted by molar-refractivity contribution is 6.29. The topological polar surface area (TPSA) is 9.23 Å². The molecule has 0 rings (SSSR count). The zero-order valence-corrected chi connectivity index (χ0v) is 9.10. The van der Waals surface area contributed by atoms with E-state index in [1.807, 2.05) is 0 Å². The van der Waals surface area contributed by atoms with Gasteiger partial charge in [-0.15, -0.1) is 0 Å². The Morgan fingerprint density at radius 2 is 1.80 bits per heavy atom. The minimum absolute atomic E-state index is 0.223. The third-order valence-corrected chi connectivity index (χ3v) is 3.84. The van der Waals surface area contributed by atoms with Gasteiger partial charge in [0.2, 0.25) is 0 Å². The Kier molecular flexibility index (Phi) is 6.03. The van der Waals surface area contributed by atoms with E-state index in [-0.39, 0.29) is 9.76 Å². The molecule has 0 aliphatic carbocycles. The van der Waals surface area contributed by atoms with Crippen LogP contribution in [0.5, 0.6) is 0 Å². The Hall–Kier alpha value is 0.177. The molecule has 0 heterocycles. The summed E-state index contributed by atoms with van der Waals surface area (Å²) in [6.07, 6.45) is 2.94. The van der Waals surface area contributed by atoms with Crippen LogP contribution in [0, 0.1) is 0 Å². The van der Waals surface area contributed by atoms with Crippen molar-refractivity contribution in [3.8, 4) is 0 Å². The molecule has 1 nitrogen and oxygen atoms in total. The normalized spacial score (nSPS) is 18.0. The lowest BCUT2D eigenvalue weighted by Gasteiger charge is -2.13. The van der Waals surface area contributed by atoms with Crippen molar-refractivity contribution in [2.75, 3.05) is 0 Å². The van der Waals surface area contributed by atoms with Crippen LogP contribution in [0.2, 0.25) is 5.54 Å². The fraction of sp³-hybridized carbons (Fsp3) is 1.00. The van der Waals surface area contributed by atoms with Crippen LogP contribution >= 0.6 is 0 Å². The molecule has 0 fully saturated rings. The average molecular weight is 160 g/mol. The summed E-state index contributed by atoms with van der Waals surface area (Å²) in [6.45, 7) is 8.86. The molecule has 10 heavy (non-hydrogen) atoms. The molecule has 0 N–H and O–H groups in total. The van der Waals surface area contributed by atoms with E-state index in [4.69, 9.17) is 4.43 Å². The maximum Gasteiger partial charge on any atom is 0.164 e. The highest BCUT2D eigenvalue weighted by Crippen LogP contribution is 2.07. The first-order valence-corrected chi connectivity index (χ1v) is 5.71. The second kappa shape index (κ2) is 5.92. The van der Waals surface area contributed by atoms with E-state index < -0.39 is 0 Å². The lowest BCUT2D eigenvalue weighted by atomic mass is 10.3. The summed E-state index contributed by atoms with van der Waals surface area (Å²) in [5.41, 5.74) is 0.856. The molecule has 0 radical (unpaired) electrons. The largest absolute Gasteiger partial charge is 0.421 e. The fourth-order valence-electron chi connectivity index (χ4n) is 0.564. The van der Waals surface area contributed by atoms with Gasteiger partial charge in [0.25, 0.3) is 0 Å². The van der Waals surface area contributed by atoms with Crippen LogP contribution in [0.3, 0.4) is 0 Å². The summed E-state index contributed by atoms with van der Waals surface area (Å²) in [7, 11) is -0.223. The fourth-order valence-corrected chi connectivity index (χ4v) is 1.69. The second-order valence-electron chi connectivity index (χ2n) is 3.07. The highest BCUT2D eigenvalue weighted by Gasteiger charge is 2.02. The van der Waals surface area contributed by atoms with Crippen LogP contribution in [0.15, 0.2) is 0 Å². The molecular formula is C8H20OSi. The summed E-state index contributed by atoms with van der Waals surface area (Å²) < 4.78 is 5.68. The van der Waals surface area contributed by atoms with E-state index in [1.165, 1.54) is 6.42 Å². The van der Waals surface area contributed by atoms with Gasteiger partial charge in [-0.2, -0.15) is 0 Å². The average Bonchev–Trinajstić information content (AvgIpc) is 1.99. The van der Waals surface area contributed by atoms with Crippen molar-refractivity contribution in [1.29, 1.82) is 0 Å². The van der Waals surface area contributed by atoms with Gasteiger partial charge in [0.15, 0.2) is 9.76 Å². The molecule has 0 aliphatic rings. The Balaban J connectivity index is 3.17. The van der Waals surface area contributed by atoms with Crippen LogP contribution in [0.25, 0.3) is 0 Å². The highest BCUT2D eigenvalue weighted by atomic mass is 28.2. The lowest BCUT2D eigenvalue weighted by Crippen LogP contribution is -2.13. The van der Waals surface area contributed by atoms with Crippen LogP contribution in [-0.4, -0.2) is 15.9 Å². The molecule has 0 amide bonds. The van der Waals surface area contributed by atoms with Gasteiger partial charge in [-0.05, 0) is 18.9 Å². The van der Waals surface area contributed by atoms with Crippen molar-refractivity contribution >= 4 is 9.76 Å². The van der Waals surface area contributed by atoms with Gasteiger partial charge >= 0.3 is 0 Å². The maximum atomic E-state index is 5.68. The third kappa shape index (κ3) is 5.00. The first-order chi connectivity index (χ1) is 4.70. The molecular weight excluding hydrogens is 140 g/mol. The second-order valence-corrected chi connectivity index (χ2v) is 5.13. The Labute approximate surface area is 67.1 Å². The quantitative estimate of drug-likeness (QED) is 0.560. The summed E-state index contributed by atoms with van der Waals surface area (Å²) in [5, 5.41) is 0. The number of rotatable bonds is 5. The van der Waals surface area contributed by atoms with Crippen LogP contribution in [0.1, 0.15) is 40.5 Å². The van der Waals surface area contributed by atoms with Crippen LogP contribution in [0.4, 0.5) is 0 Å². The minimum Gasteiger partial charge on any atom is -0.421 e. The van der Waals surface area contributed by atoms with Crippen molar-refractivity contribution < 1.29 is 4.43 Å². The standard InChI is InChI=1S/C8H20OSi/c1-5-7(3)9-10-8(4)6-2/h7-8H,5-6,10H2,1-4H3. The van der Waals surface area contributed by atoms with Gasteiger partial charge in [0.05, 0.1) is 0 Å². The molecule has 0 aliphatic heterocycles. The predicted octanol–water partition coefficient (Wildman–Crippen LogP) is 2.10. The molecule has 2 unspecified atom stereocenters. The van der Waals surface area contributed by atoms with Gasteiger partial charge in [0.1, 0.15) is 0 Å². The monoisotopic (exact) mass is 160 g/mol. The zero-order chi connectivity index (χ0) is 7.98.